The Bertz CT molecular complexity index is 1340. The molecule has 3 nitrogen and oxygen atoms in total. The Kier molecular flexibility index (Phi) is 5.53. The molecule has 0 saturated heterocycles. The van der Waals surface area contributed by atoms with Crippen LogP contribution in [0.2, 0.25) is 0 Å². The second-order valence-electron chi connectivity index (χ2n) is 7.47. The number of nitrogens with zero attached hydrogens (tertiary/aromatic N) is 1. The average Bonchev–Trinajstić information content (AvgIpc) is 3.12. The van der Waals surface area contributed by atoms with Crippen molar-refractivity contribution in [3.63, 3.8) is 0 Å². The van der Waals surface area contributed by atoms with Gasteiger partial charge in [0.1, 0.15) is 0 Å². The Hall–Kier alpha value is -3.76. The minimum atomic E-state index is 0.0463. The fourth-order valence-corrected chi connectivity index (χ4v) is 4.03. The van der Waals surface area contributed by atoms with E-state index in [4.69, 9.17) is 0 Å². The maximum Gasteiger partial charge on any atom is 0.196 e. The lowest BCUT2D eigenvalue weighted by Crippen LogP contribution is -2.01. The van der Waals surface area contributed by atoms with Gasteiger partial charge >= 0.3 is 0 Å². The first-order valence-corrected chi connectivity index (χ1v) is 11.1. The van der Waals surface area contributed by atoms with Gasteiger partial charge in [-0.15, -0.1) is 0 Å². The van der Waals surface area contributed by atoms with Gasteiger partial charge in [-0.25, -0.2) is 0 Å². The Labute approximate surface area is 195 Å². The minimum Gasteiger partial charge on any atom is -0.354 e. The molecule has 4 aromatic rings. The number of hydrogen-bond donors (Lipinski definition) is 1. The summed E-state index contributed by atoms with van der Waals surface area (Å²) in [6.45, 7) is 0. The van der Waals surface area contributed by atoms with Crippen molar-refractivity contribution in [3.05, 3.63) is 130 Å². The molecule has 4 heteroatoms. The van der Waals surface area contributed by atoms with E-state index in [1.165, 1.54) is 0 Å². The smallest absolute Gasteiger partial charge is 0.196 e. The highest BCUT2D eigenvalue weighted by Crippen LogP contribution is 2.38. The fraction of sp³-hybridized carbons (Fsp3) is 0. The molecule has 0 aliphatic heterocycles. The van der Waals surface area contributed by atoms with Gasteiger partial charge in [0.2, 0.25) is 0 Å². The third kappa shape index (κ3) is 4.05. The molecule has 0 bridgehead atoms. The molecule has 4 aromatic carbocycles. The SMILES string of the molecule is O=C1C(c2ccccc2)=C(Nc2ccc(N=Cc3ccc(Br)cc3)cc2)c2ccccc21. The van der Waals surface area contributed by atoms with E-state index >= 15 is 0 Å². The molecule has 5 rings (SSSR count). The number of rotatable bonds is 5. The molecule has 0 aromatic heterocycles. The van der Waals surface area contributed by atoms with Crippen molar-refractivity contribution < 1.29 is 4.79 Å². The standard InChI is InChI=1S/C28H19BrN2O/c29-21-12-10-19(11-13-21)18-30-22-14-16-23(17-15-22)31-27-24-8-4-5-9-25(24)28(32)26(27)20-6-2-1-3-7-20/h1-18,31H. The van der Waals surface area contributed by atoms with Gasteiger partial charge in [0.25, 0.3) is 0 Å². The van der Waals surface area contributed by atoms with E-state index in [1.54, 1.807) is 0 Å². The van der Waals surface area contributed by atoms with Gasteiger partial charge < -0.3 is 5.32 Å². The van der Waals surface area contributed by atoms with Crippen LogP contribution in [0, 0.1) is 0 Å². The third-order valence-corrected chi connectivity index (χ3v) is 5.88. The number of allylic oxidation sites excluding steroid dienone is 1. The van der Waals surface area contributed by atoms with Crippen molar-refractivity contribution >= 4 is 50.6 Å². The zero-order valence-corrected chi connectivity index (χ0v) is 18.7. The van der Waals surface area contributed by atoms with E-state index in [1.807, 2.05) is 109 Å². The normalized spacial score (nSPS) is 13.0. The van der Waals surface area contributed by atoms with Crippen molar-refractivity contribution in [3.8, 4) is 0 Å². The number of halogens is 1. The number of benzene rings is 4. The Morgan fingerprint density at radius 3 is 2.09 bits per heavy atom. The van der Waals surface area contributed by atoms with Crippen LogP contribution in [0.5, 0.6) is 0 Å². The van der Waals surface area contributed by atoms with Gasteiger partial charge in [-0.05, 0) is 47.5 Å². The van der Waals surface area contributed by atoms with Gasteiger partial charge in [0.15, 0.2) is 5.78 Å². The highest BCUT2D eigenvalue weighted by molar-refractivity contribution is 9.10. The van der Waals surface area contributed by atoms with Crippen molar-refractivity contribution in [1.82, 2.24) is 0 Å². The molecule has 154 valence electrons. The summed E-state index contributed by atoms with van der Waals surface area (Å²) in [7, 11) is 0. The Balaban J connectivity index is 1.44. The summed E-state index contributed by atoms with van der Waals surface area (Å²) >= 11 is 3.44. The first-order chi connectivity index (χ1) is 15.7. The number of fused-ring (bicyclic) bond motifs is 1. The predicted molar refractivity (Wildman–Crippen MR) is 135 cm³/mol. The zero-order valence-electron chi connectivity index (χ0n) is 17.1. The number of hydrogen-bond acceptors (Lipinski definition) is 3. The van der Waals surface area contributed by atoms with Crippen molar-refractivity contribution in [2.75, 3.05) is 5.32 Å². The lowest BCUT2D eigenvalue weighted by Gasteiger charge is -2.12. The van der Waals surface area contributed by atoms with Crippen LogP contribution in [-0.4, -0.2) is 12.0 Å². The fourth-order valence-electron chi connectivity index (χ4n) is 3.77. The van der Waals surface area contributed by atoms with Crippen LogP contribution < -0.4 is 5.32 Å². The molecule has 32 heavy (non-hydrogen) atoms. The van der Waals surface area contributed by atoms with Crippen LogP contribution in [0.25, 0.3) is 11.3 Å². The topological polar surface area (TPSA) is 41.5 Å². The first kappa shape index (κ1) is 20.2. The molecule has 0 spiro atoms. The number of ketones is 1. The van der Waals surface area contributed by atoms with E-state index in [9.17, 15) is 4.79 Å². The molecular formula is C28H19BrN2O. The Morgan fingerprint density at radius 1 is 0.719 bits per heavy atom. The maximum atomic E-state index is 13.2. The van der Waals surface area contributed by atoms with Gasteiger partial charge in [-0.3, -0.25) is 9.79 Å². The summed E-state index contributed by atoms with van der Waals surface area (Å²) in [4.78, 5) is 17.7. The van der Waals surface area contributed by atoms with Gasteiger partial charge in [-0.2, -0.15) is 0 Å². The molecule has 1 aliphatic rings. The van der Waals surface area contributed by atoms with Gasteiger partial charge in [-0.1, -0.05) is 82.7 Å². The largest absolute Gasteiger partial charge is 0.354 e. The van der Waals surface area contributed by atoms with E-state index < -0.39 is 0 Å². The highest BCUT2D eigenvalue weighted by atomic mass is 79.9. The van der Waals surface area contributed by atoms with E-state index in [0.29, 0.717) is 5.57 Å². The predicted octanol–water partition coefficient (Wildman–Crippen LogP) is 7.38. The minimum absolute atomic E-state index is 0.0463. The summed E-state index contributed by atoms with van der Waals surface area (Å²) in [5.74, 6) is 0.0463. The molecule has 0 amide bonds. The van der Waals surface area contributed by atoms with Crippen LogP contribution in [0.4, 0.5) is 11.4 Å². The average molecular weight is 479 g/mol. The quantitative estimate of drug-likeness (QED) is 0.304. The van der Waals surface area contributed by atoms with Crippen LogP contribution >= 0.6 is 15.9 Å². The van der Waals surface area contributed by atoms with Crippen LogP contribution in [0.15, 0.2) is 113 Å². The summed E-state index contributed by atoms with van der Waals surface area (Å²) in [5, 5.41) is 3.48. The van der Waals surface area contributed by atoms with E-state index in [0.717, 1.165) is 43.8 Å². The summed E-state index contributed by atoms with van der Waals surface area (Å²) in [6.07, 6.45) is 1.84. The number of nitrogens with one attached hydrogen (secondary N) is 1. The molecule has 0 fully saturated rings. The molecule has 0 saturated carbocycles. The maximum absolute atomic E-state index is 13.2. The lowest BCUT2D eigenvalue weighted by atomic mass is 10.0. The molecular weight excluding hydrogens is 460 g/mol. The summed E-state index contributed by atoms with van der Waals surface area (Å²) < 4.78 is 1.04. The highest BCUT2D eigenvalue weighted by Gasteiger charge is 2.30. The monoisotopic (exact) mass is 478 g/mol. The molecule has 0 radical (unpaired) electrons. The lowest BCUT2D eigenvalue weighted by molar-refractivity contribution is 0.105. The van der Waals surface area contributed by atoms with E-state index in [-0.39, 0.29) is 5.78 Å². The third-order valence-electron chi connectivity index (χ3n) is 5.35. The molecule has 0 heterocycles. The van der Waals surface area contributed by atoms with Crippen LogP contribution in [0.1, 0.15) is 27.0 Å². The van der Waals surface area contributed by atoms with Crippen molar-refractivity contribution in [2.45, 2.75) is 0 Å². The molecule has 1 aliphatic carbocycles. The first-order valence-electron chi connectivity index (χ1n) is 10.3. The molecule has 1 N–H and O–H groups in total. The molecule has 0 unspecified atom stereocenters. The number of Topliss-reactive ketones (excluding diaryl/α,β-unsaturated/α-hetero) is 1. The summed E-state index contributed by atoms with van der Waals surface area (Å²) in [6, 6.07) is 33.4. The van der Waals surface area contributed by atoms with Crippen molar-refractivity contribution in [2.24, 2.45) is 4.99 Å². The second-order valence-corrected chi connectivity index (χ2v) is 8.39. The second kappa shape index (κ2) is 8.77. The Morgan fingerprint density at radius 2 is 1.38 bits per heavy atom. The van der Waals surface area contributed by atoms with E-state index in [2.05, 4.69) is 26.2 Å². The van der Waals surface area contributed by atoms with Crippen molar-refractivity contribution in [1.29, 1.82) is 0 Å². The van der Waals surface area contributed by atoms with Crippen LogP contribution in [0.3, 0.4) is 0 Å². The zero-order chi connectivity index (χ0) is 21.9. The number of aliphatic imine (C=N–C) groups is 1. The number of anilines is 1. The van der Waals surface area contributed by atoms with Gasteiger partial charge in [0.05, 0.1) is 17.0 Å². The van der Waals surface area contributed by atoms with Gasteiger partial charge in [0, 0.05) is 27.5 Å². The van der Waals surface area contributed by atoms with Crippen LogP contribution in [-0.2, 0) is 0 Å². The summed E-state index contributed by atoms with van der Waals surface area (Å²) in [5.41, 5.74) is 6.89. The number of carbonyl (C=O) groups is 1. The number of carbonyl (C=O) groups excluding carboxylic acids is 1. The molecule has 0 atom stereocenters.